The van der Waals surface area contributed by atoms with E-state index in [9.17, 15) is 9.90 Å². The molecule has 0 aliphatic carbocycles. The Morgan fingerprint density at radius 2 is 1.86 bits per heavy atom. The number of rotatable bonds is 5. The molecule has 1 aliphatic heterocycles. The second-order valence-corrected chi connectivity index (χ2v) is 7.20. The molecule has 0 fully saturated rings. The van der Waals surface area contributed by atoms with Gasteiger partial charge in [0.15, 0.2) is 11.5 Å². The SMILES string of the molecule is COC(=O)C1=C(O)/C(=C\c2cccc(OC)c2OC)SC1=Nc1cccc(C)c1. The monoisotopic (exact) mass is 411 g/mol. The fourth-order valence-corrected chi connectivity index (χ4v) is 3.90. The Kier molecular flexibility index (Phi) is 6.29. The summed E-state index contributed by atoms with van der Waals surface area (Å²) in [5.41, 5.74) is 2.45. The molecular formula is C22H21NO5S. The first-order chi connectivity index (χ1) is 14.0. The van der Waals surface area contributed by atoms with E-state index >= 15 is 0 Å². The number of hydrogen-bond acceptors (Lipinski definition) is 7. The Bertz CT molecular complexity index is 1040. The molecule has 1 heterocycles. The molecule has 0 spiro atoms. The van der Waals surface area contributed by atoms with Gasteiger partial charge < -0.3 is 19.3 Å². The third-order valence-corrected chi connectivity index (χ3v) is 5.25. The molecule has 6 nitrogen and oxygen atoms in total. The third kappa shape index (κ3) is 4.30. The van der Waals surface area contributed by atoms with Crippen LogP contribution in [0.5, 0.6) is 11.5 Å². The van der Waals surface area contributed by atoms with E-state index in [4.69, 9.17) is 14.2 Å². The van der Waals surface area contributed by atoms with Crippen LogP contribution in [0.3, 0.4) is 0 Å². The summed E-state index contributed by atoms with van der Waals surface area (Å²) in [6.45, 7) is 1.96. The van der Waals surface area contributed by atoms with Crippen LogP contribution in [-0.4, -0.2) is 37.4 Å². The zero-order valence-corrected chi connectivity index (χ0v) is 17.4. The number of aryl methyl sites for hydroxylation is 1. The molecule has 0 bridgehead atoms. The van der Waals surface area contributed by atoms with Crippen LogP contribution in [0.1, 0.15) is 11.1 Å². The van der Waals surface area contributed by atoms with Crippen LogP contribution in [0, 0.1) is 6.92 Å². The third-order valence-electron chi connectivity index (χ3n) is 4.23. The lowest BCUT2D eigenvalue weighted by Gasteiger charge is -2.10. The number of esters is 1. The van der Waals surface area contributed by atoms with Gasteiger partial charge in [0.1, 0.15) is 16.4 Å². The summed E-state index contributed by atoms with van der Waals surface area (Å²) < 4.78 is 15.6. The fourth-order valence-electron chi connectivity index (χ4n) is 2.87. The van der Waals surface area contributed by atoms with Crippen LogP contribution < -0.4 is 9.47 Å². The standard InChI is InChI=1S/C22H21NO5S/c1-13-7-5-9-15(11-13)23-21-18(22(25)28-4)19(24)17(29-21)12-14-8-6-10-16(26-2)20(14)27-3/h5-12,24H,1-4H3/b17-12+,23-21?. The lowest BCUT2D eigenvalue weighted by molar-refractivity contribution is -0.135. The molecule has 0 radical (unpaired) electrons. The number of thioether (sulfide) groups is 1. The Labute approximate surface area is 173 Å². The summed E-state index contributed by atoms with van der Waals surface area (Å²) >= 11 is 1.19. The van der Waals surface area contributed by atoms with Gasteiger partial charge in [-0.2, -0.15) is 0 Å². The number of benzene rings is 2. The Morgan fingerprint density at radius 1 is 1.10 bits per heavy atom. The molecule has 0 aromatic heterocycles. The molecule has 0 saturated heterocycles. The van der Waals surface area contributed by atoms with E-state index in [0.29, 0.717) is 32.7 Å². The van der Waals surface area contributed by atoms with Crippen LogP contribution in [0.2, 0.25) is 0 Å². The lowest BCUT2D eigenvalue weighted by Crippen LogP contribution is -2.10. The molecule has 0 amide bonds. The Balaban J connectivity index is 2.10. The number of methoxy groups -OCH3 is 3. The van der Waals surface area contributed by atoms with Crippen LogP contribution in [0.25, 0.3) is 6.08 Å². The van der Waals surface area contributed by atoms with Crippen molar-refractivity contribution in [3.8, 4) is 11.5 Å². The van der Waals surface area contributed by atoms with Crippen molar-refractivity contribution in [1.29, 1.82) is 0 Å². The van der Waals surface area contributed by atoms with Gasteiger partial charge in [-0.05, 0) is 36.8 Å². The molecule has 7 heteroatoms. The van der Waals surface area contributed by atoms with Gasteiger partial charge in [0.25, 0.3) is 0 Å². The smallest absolute Gasteiger partial charge is 0.344 e. The highest BCUT2D eigenvalue weighted by atomic mass is 32.2. The van der Waals surface area contributed by atoms with Crippen molar-refractivity contribution in [1.82, 2.24) is 0 Å². The molecule has 0 saturated carbocycles. The summed E-state index contributed by atoms with van der Waals surface area (Å²) in [6, 6.07) is 13.0. The van der Waals surface area contributed by atoms with Crippen molar-refractivity contribution in [3.63, 3.8) is 0 Å². The van der Waals surface area contributed by atoms with Gasteiger partial charge in [0.05, 0.1) is 31.9 Å². The van der Waals surface area contributed by atoms with E-state index in [1.165, 1.54) is 18.9 Å². The van der Waals surface area contributed by atoms with Crippen molar-refractivity contribution in [3.05, 3.63) is 69.8 Å². The van der Waals surface area contributed by atoms with Gasteiger partial charge in [-0.1, -0.05) is 36.0 Å². The summed E-state index contributed by atoms with van der Waals surface area (Å²) in [7, 11) is 4.37. The van der Waals surface area contributed by atoms with Crippen molar-refractivity contribution < 1.29 is 24.1 Å². The van der Waals surface area contributed by atoms with Crippen molar-refractivity contribution in [2.45, 2.75) is 6.92 Å². The predicted molar refractivity (Wildman–Crippen MR) is 115 cm³/mol. The van der Waals surface area contributed by atoms with E-state index in [2.05, 4.69) is 4.99 Å². The highest BCUT2D eigenvalue weighted by molar-refractivity contribution is 8.18. The number of carbonyl (C=O) groups excluding carboxylic acids is 1. The number of para-hydroxylation sites is 1. The van der Waals surface area contributed by atoms with Crippen LogP contribution >= 0.6 is 11.8 Å². The summed E-state index contributed by atoms with van der Waals surface area (Å²) in [6.07, 6.45) is 1.73. The van der Waals surface area contributed by atoms with E-state index in [1.807, 2.05) is 43.3 Å². The van der Waals surface area contributed by atoms with E-state index in [0.717, 1.165) is 5.56 Å². The first kappa shape index (κ1) is 20.5. The number of hydrogen-bond donors (Lipinski definition) is 1. The molecule has 3 rings (SSSR count). The van der Waals surface area contributed by atoms with Crippen molar-refractivity contribution >= 4 is 34.5 Å². The van der Waals surface area contributed by atoms with E-state index in [-0.39, 0.29) is 11.3 Å². The summed E-state index contributed by atoms with van der Waals surface area (Å²) in [5.74, 6) is 0.260. The molecule has 1 aliphatic rings. The summed E-state index contributed by atoms with van der Waals surface area (Å²) in [5, 5.41) is 11.1. The topological polar surface area (TPSA) is 77.4 Å². The average molecular weight is 411 g/mol. The average Bonchev–Trinajstić information content (AvgIpc) is 3.01. The molecule has 0 atom stereocenters. The minimum Gasteiger partial charge on any atom is -0.506 e. The van der Waals surface area contributed by atoms with Gasteiger partial charge in [-0.15, -0.1) is 0 Å². The van der Waals surface area contributed by atoms with Gasteiger partial charge in [0.2, 0.25) is 0 Å². The number of aliphatic hydroxyl groups is 1. The zero-order valence-electron chi connectivity index (χ0n) is 16.6. The van der Waals surface area contributed by atoms with Crippen LogP contribution in [0.15, 0.2) is 63.7 Å². The second-order valence-electron chi connectivity index (χ2n) is 6.16. The molecule has 2 aromatic rings. The maximum Gasteiger partial charge on any atom is 0.344 e. The second kappa shape index (κ2) is 8.87. The normalized spacial score (nSPS) is 16.4. The first-order valence-corrected chi connectivity index (χ1v) is 9.58. The molecule has 1 N–H and O–H groups in total. The maximum atomic E-state index is 12.3. The van der Waals surface area contributed by atoms with Crippen LogP contribution in [0.4, 0.5) is 5.69 Å². The molecular weight excluding hydrogens is 390 g/mol. The summed E-state index contributed by atoms with van der Waals surface area (Å²) in [4.78, 5) is 17.3. The van der Waals surface area contributed by atoms with E-state index in [1.54, 1.807) is 26.4 Å². The van der Waals surface area contributed by atoms with Crippen molar-refractivity contribution in [2.75, 3.05) is 21.3 Å². The fraction of sp³-hybridized carbons (Fsp3) is 0.182. The number of ether oxygens (including phenoxy) is 3. The highest BCUT2D eigenvalue weighted by Crippen LogP contribution is 2.42. The van der Waals surface area contributed by atoms with Crippen LogP contribution in [-0.2, 0) is 9.53 Å². The minimum atomic E-state index is -0.651. The highest BCUT2D eigenvalue weighted by Gasteiger charge is 2.33. The van der Waals surface area contributed by atoms with Crippen molar-refractivity contribution in [2.24, 2.45) is 4.99 Å². The van der Waals surface area contributed by atoms with Gasteiger partial charge in [-0.3, -0.25) is 0 Å². The lowest BCUT2D eigenvalue weighted by atomic mass is 10.1. The predicted octanol–water partition coefficient (Wildman–Crippen LogP) is 4.82. The number of carbonyl (C=O) groups is 1. The van der Waals surface area contributed by atoms with Gasteiger partial charge >= 0.3 is 5.97 Å². The largest absolute Gasteiger partial charge is 0.506 e. The first-order valence-electron chi connectivity index (χ1n) is 8.76. The Hall–Kier alpha value is -3.19. The number of aliphatic imine (C=N–C) groups is 1. The minimum absolute atomic E-state index is 0.0344. The van der Waals surface area contributed by atoms with E-state index < -0.39 is 5.97 Å². The molecule has 2 aromatic carbocycles. The zero-order chi connectivity index (χ0) is 21.0. The quantitative estimate of drug-likeness (QED) is 0.711. The molecule has 0 unspecified atom stereocenters. The molecule has 150 valence electrons. The van der Waals surface area contributed by atoms with Gasteiger partial charge in [0, 0.05) is 5.56 Å². The number of aliphatic hydroxyl groups excluding tert-OH is 1. The van der Waals surface area contributed by atoms with Gasteiger partial charge in [-0.25, -0.2) is 9.79 Å². The maximum absolute atomic E-state index is 12.3. The number of nitrogens with zero attached hydrogens (tertiary/aromatic N) is 1. The Morgan fingerprint density at radius 3 is 2.52 bits per heavy atom. The molecule has 29 heavy (non-hydrogen) atoms.